The van der Waals surface area contributed by atoms with Crippen LogP contribution in [0.3, 0.4) is 0 Å². The Hall–Kier alpha value is -0.530. The van der Waals surface area contributed by atoms with Gasteiger partial charge in [0.2, 0.25) is 0 Å². The molecule has 0 heterocycles. The second-order valence-corrected chi connectivity index (χ2v) is 13.0. The normalized spacial score (nSPS) is 46.7. The van der Waals surface area contributed by atoms with Gasteiger partial charge >= 0.3 is 5.97 Å². The average Bonchev–Trinajstić information content (AvgIpc) is 3.04. The molecule has 30 heavy (non-hydrogen) atoms. The average molecular weight is 417 g/mol. The molecule has 0 bridgehead atoms. The molecule has 0 spiro atoms. The SMILES string of the molecule is CC(C)CCC[C@@H](C)[C@@H]1CC[C@@H]2[C@@H]3CC[C@H]4C[C@H](C(=O)O)CC[C@]4(C)[C@H]3CC[C@@]21C. The Morgan fingerprint density at radius 2 is 1.60 bits per heavy atom. The van der Waals surface area contributed by atoms with Gasteiger partial charge in [-0.3, -0.25) is 4.79 Å². The highest BCUT2D eigenvalue weighted by atomic mass is 16.4. The van der Waals surface area contributed by atoms with Crippen molar-refractivity contribution in [1.82, 2.24) is 0 Å². The van der Waals surface area contributed by atoms with Crippen LogP contribution in [-0.4, -0.2) is 11.1 Å². The Balaban J connectivity index is 1.45. The van der Waals surface area contributed by atoms with Crippen LogP contribution in [-0.2, 0) is 4.79 Å². The molecule has 4 aliphatic rings. The van der Waals surface area contributed by atoms with Crippen molar-refractivity contribution in [3.8, 4) is 0 Å². The molecule has 9 atom stereocenters. The van der Waals surface area contributed by atoms with Crippen molar-refractivity contribution in [2.45, 2.75) is 112 Å². The number of fused-ring (bicyclic) bond motifs is 5. The number of carboxylic acid groups (broad SMARTS) is 1. The summed E-state index contributed by atoms with van der Waals surface area (Å²) in [6, 6.07) is 0. The Morgan fingerprint density at radius 3 is 2.30 bits per heavy atom. The minimum atomic E-state index is -0.541. The summed E-state index contributed by atoms with van der Waals surface area (Å²) in [5.41, 5.74) is 0.983. The van der Waals surface area contributed by atoms with E-state index in [1.807, 2.05) is 0 Å². The molecule has 4 rings (SSSR count). The predicted octanol–water partition coefficient (Wildman–Crippen LogP) is 7.81. The van der Waals surface area contributed by atoms with Gasteiger partial charge in [0.25, 0.3) is 0 Å². The minimum Gasteiger partial charge on any atom is -0.481 e. The van der Waals surface area contributed by atoms with Gasteiger partial charge in [0.15, 0.2) is 0 Å². The number of rotatable bonds is 6. The van der Waals surface area contributed by atoms with Crippen LogP contribution < -0.4 is 0 Å². The van der Waals surface area contributed by atoms with E-state index in [1.54, 1.807) is 0 Å². The van der Waals surface area contributed by atoms with Gasteiger partial charge in [0, 0.05) is 0 Å². The van der Waals surface area contributed by atoms with Crippen LogP contribution in [0.15, 0.2) is 0 Å². The van der Waals surface area contributed by atoms with Crippen LogP contribution in [0.1, 0.15) is 112 Å². The fourth-order valence-corrected chi connectivity index (χ4v) is 9.51. The second kappa shape index (κ2) is 8.43. The van der Waals surface area contributed by atoms with Crippen molar-refractivity contribution in [2.75, 3.05) is 0 Å². The van der Waals surface area contributed by atoms with E-state index in [2.05, 4.69) is 34.6 Å². The van der Waals surface area contributed by atoms with Crippen LogP contribution in [0.4, 0.5) is 0 Å². The van der Waals surface area contributed by atoms with E-state index >= 15 is 0 Å². The third-order valence-corrected chi connectivity index (χ3v) is 11.2. The van der Waals surface area contributed by atoms with Crippen molar-refractivity contribution in [2.24, 2.45) is 58.2 Å². The molecular formula is C28H48O2. The van der Waals surface area contributed by atoms with Crippen molar-refractivity contribution < 1.29 is 9.90 Å². The first-order valence-electron chi connectivity index (χ1n) is 13.4. The summed E-state index contributed by atoms with van der Waals surface area (Å²) in [6.45, 7) is 12.5. The van der Waals surface area contributed by atoms with Crippen molar-refractivity contribution in [1.29, 1.82) is 0 Å². The second-order valence-electron chi connectivity index (χ2n) is 13.0. The maximum atomic E-state index is 11.6. The van der Waals surface area contributed by atoms with Crippen LogP contribution in [0.25, 0.3) is 0 Å². The molecule has 0 unspecified atom stereocenters. The zero-order valence-electron chi connectivity index (χ0n) is 20.5. The topological polar surface area (TPSA) is 37.3 Å². The predicted molar refractivity (Wildman–Crippen MR) is 124 cm³/mol. The van der Waals surface area contributed by atoms with Crippen molar-refractivity contribution >= 4 is 5.97 Å². The molecule has 4 aliphatic carbocycles. The Morgan fingerprint density at radius 1 is 0.900 bits per heavy atom. The van der Waals surface area contributed by atoms with Gasteiger partial charge in [-0.1, -0.05) is 53.9 Å². The lowest BCUT2D eigenvalue weighted by Crippen LogP contribution is -2.54. The molecule has 0 aromatic heterocycles. The number of carboxylic acids is 1. The summed E-state index contributed by atoms with van der Waals surface area (Å²) in [7, 11) is 0. The number of hydrogen-bond donors (Lipinski definition) is 1. The third kappa shape index (κ3) is 3.77. The van der Waals surface area contributed by atoms with E-state index in [4.69, 9.17) is 0 Å². The summed E-state index contributed by atoms with van der Waals surface area (Å²) in [5.74, 6) is 5.41. The first kappa shape index (κ1) is 22.7. The maximum Gasteiger partial charge on any atom is 0.306 e. The molecule has 0 amide bonds. The van der Waals surface area contributed by atoms with E-state index < -0.39 is 5.97 Å². The molecule has 0 radical (unpaired) electrons. The fourth-order valence-electron chi connectivity index (χ4n) is 9.51. The largest absolute Gasteiger partial charge is 0.481 e. The first-order chi connectivity index (χ1) is 14.2. The zero-order chi connectivity index (χ0) is 21.7. The number of hydrogen-bond acceptors (Lipinski definition) is 1. The Bertz CT molecular complexity index is 626. The lowest BCUT2D eigenvalue weighted by molar-refractivity contribution is -0.152. The monoisotopic (exact) mass is 416 g/mol. The quantitative estimate of drug-likeness (QED) is 0.479. The molecule has 0 aliphatic heterocycles. The highest BCUT2D eigenvalue weighted by Crippen LogP contribution is 2.68. The van der Waals surface area contributed by atoms with Gasteiger partial charge in [-0.25, -0.2) is 0 Å². The molecule has 0 saturated heterocycles. The minimum absolute atomic E-state index is 0.0731. The lowest BCUT2D eigenvalue weighted by Gasteiger charge is -2.61. The molecular weight excluding hydrogens is 368 g/mol. The maximum absolute atomic E-state index is 11.6. The van der Waals surface area contributed by atoms with Crippen LogP contribution in [0.5, 0.6) is 0 Å². The van der Waals surface area contributed by atoms with Crippen LogP contribution >= 0.6 is 0 Å². The van der Waals surface area contributed by atoms with Gasteiger partial charge < -0.3 is 5.11 Å². The van der Waals surface area contributed by atoms with Crippen molar-refractivity contribution in [3.63, 3.8) is 0 Å². The highest BCUT2D eigenvalue weighted by Gasteiger charge is 2.60. The van der Waals surface area contributed by atoms with E-state index in [-0.39, 0.29) is 5.92 Å². The Labute approximate surface area is 186 Å². The summed E-state index contributed by atoms with van der Waals surface area (Å²) < 4.78 is 0. The lowest BCUT2D eigenvalue weighted by atomic mass is 9.44. The third-order valence-electron chi connectivity index (χ3n) is 11.2. The fraction of sp³-hybridized carbons (Fsp3) is 0.964. The van der Waals surface area contributed by atoms with E-state index in [9.17, 15) is 9.90 Å². The van der Waals surface area contributed by atoms with E-state index in [1.165, 1.54) is 57.8 Å². The Kier molecular flexibility index (Phi) is 6.37. The standard InChI is InChI=1S/C28H48O2/c1-18(2)7-6-8-19(3)23-11-12-24-22-10-9-21-17-20(26(29)30)13-15-27(21,4)25(22)14-16-28(23,24)5/h18-25H,6-17H2,1-5H3,(H,29,30)/t19-,20-,21+,22+,23+,24-,25+,27+,28-/m1/s1. The van der Waals surface area contributed by atoms with Gasteiger partial charge in [0.1, 0.15) is 0 Å². The summed E-state index contributed by atoms with van der Waals surface area (Å²) in [5, 5.41) is 9.57. The summed E-state index contributed by atoms with van der Waals surface area (Å²) in [4.78, 5) is 11.6. The number of carbonyl (C=O) groups is 1. The van der Waals surface area contributed by atoms with Crippen LogP contribution in [0.2, 0.25) is 0 Å². The summed E-state index contributed by atoms with van der Waals surface area (Å²) >= 11 is 0. The first-order valence-corrected chi connectivity index (χ1v) is 13.4. The molecule has 4 fully saturated rings. The van der Waals surface area contributed by atoms with Crippen molar-refractivity contribution in [3.05, 3.63) is 0 Å². The van der Waals surface area contributed by atoms with Crippen LogP contribution in [0, 0.1) is 58.2 Å². The van der Waals surface area contributed by atoms with Gasteiger partial charge in [-0.2, -0.15) is 0 Å². The molecule has 2 heteroatoms. The molecule has 2 nitrogen and oxygen atoms in total. The summed E-state index contributed by atoms with van der Waals surface area (Å²) in [6.07, 6.45) is 15.7. The molecule has 172 valence electrons. The van der Waals surface area contributed by atoms with Gasteiger partial charge in [-0.15, -0.1) is 0 Å². The molecule has 1 N–H and O–H groups in total. The number of aliphatic carboxylic acids is 1. The van der Waals surface area contributed by atoms with Gasteiger partial charge in [-0.05, 0) is 110 Å². The van der Waals surface area contributed by atoms with E-state index in [0.29, 0.717) is 16.7 Å². The zero-order valence-corrected chi connectivity index (χ0v) is 20.5. The molecule has 0 aromatic carbocycles. The molecule has 0 aromatic rings. The molecule has 4 saturated carbocycles. The highest BCUT2D eigenvalue weighted by molar-refractivity contribution is 5.70. The van der Waals surface area contributed by atoms with Gasteiger partial charge in [0.05, 0.1) is 5.92 Å². The smallest absolute Gasteiger partial charge is 0.306 e. The van der Waals surface area contributed by atoms with E-state index in [0.717, 1.165) is 54.8 Å².